The van der Waals surface area contributed by atoms with Gasteiger partial charge in [0.05, 0.1) is 5.56 Å². The lowest BCUT2D eigenvalue weighted by atomic mass is 9.83. The lowest BCUT2D eigenvalue weighted by Crippen LogP contribution is -2.37. The highest BCUT2D eigenvalue weighted by Crippen LogP contribution is 2.36. The molecule has 3 heteroatoms. The van der Waals surface area contributed by atoms with Crippen molar-refractivity contribution < 1.29 is 9.53 Å². The van der Waals surface area contributed by atoms with E-state index in [0.29, 0.717) is 17.7 Å². The van der Waals surface area contributed by atoms with Crippen LogP contribution >= 0.6 is 15.9 Å². The third kappa shape index (κ3) is 2.14. The summed E-state index contributed by atoms with van der Waals surface area (Å²) in [6, 6.07) is 5.59. The average molecular weight is 283 g/mol. The second-order valence-corrected chi connectivity index (χ2v) is 6.16. The fourth-order valence-electron chi connectivity index (χ4n) is 1.78. The zero-order valence-electron chi connectivity index (χ0n) is 9.71. The van der Waals surface area contributed by atoms with Crippen LogP contribution in [0.4, 0.5) is 0 Å². The molecule has 86 valence electrons. The molecule has 0 radical (unpaired) electrons. The second kappa shape index (κ2) is 3.88. The lowest BCUT2D eigenvalue weighted by molar-refractivity contribution is 0.0544. The van der Waals surface area contributed by atoms with E-state index in [-0.39, 0.29) is 17.3 Å². The smallest absolute Gasteiger partial charge is 0.170 e. The highest BCUT2D eigenvalue weighted by atomic mass is 79.9. The van der Waals surface area contributed by atoms with Crippen molar-refractivity contribution >= 4 is 21.7 Å². The maximum absolute atomic E-state index is 12.0. The standard InChI is InChI=1S/C13H15BrO2/c1-13(2,3)12-7-10(15)9-6-8(14)4-5-11(9)16-12/h4-6,12H,7H2,1-3H3. The summed E-state index contributed by atoms with van der Waals surface area (Å²) < 4.78 is 6.79. The first-order valence-corrected chi connectivity index (χ1v) is 6.16. The van der Waals surface area contributed by atoms with Crippen molar-refractivity contribution in [3.8, 4) is 5.75 Å². The third-order valence-electron chi connectivity index (χ3n) is 2.85. The van der Waals surface area contributed by atoms with Gasteiger partial charge in [0, 0.05) is 10.9 Å². The van der Waals surface area contributed by atoms with Crippen molar-refractivity contribution in [2.24, 2.45) is 5.41 Å². The van der Waals surface area contributed by atoms with Crippen LogP contribution < -0.4 is 4.74 Å². The van der Waals surface area contributed by atoms with Crippen molar-refractivity contribution in [1.82, 2.24) is 0 Å². The number of carbonyl (C=O) groups is 1. The van der Waals surface area contributed by atoms with Crippen molar-refractivity contribution in [2.75, 3.05) is 0 Å². The van der Waals surface area contributed by atoms with Crippen LogP contribution in [0.2, 0.25) is 0 Å². The molecule has 0 saturated heterocycles. The third-order valence-corrected chi connectivity index (χ3v) is 3.34. The van der Waals surface area contributed by atoms with Gasteiger partial charge in [-0.05, 0) is 23.6 Å². The van der Waals surface area contributed by atoms with Crippen molar-refractivity contribution in [1.29, 1.82) is 0 Å². The predicted molar refractivity (Wildman–Crippen MR) is 67.0 cm³/mol. The Morgan fingerprint density at radius 3 is 2.69 bits per heavy atom. The Balaban J connectivity index is 2.38. The molecule has 0 spiro atoms. The minimum atomic E-state index is -0.0336. The van der Waals surface area contributed by atoms with Gasteiger partial charge in [-0.2, -0.15) is 0 Å². The van der Waals surface area contributed by atoms with E-state index in [4.69, 9.17) is 4.74 Å². The molecule has 0 aromatic heterocycles. The fourth-order valence-corrected chi connectivity index (χ4v) is 2.14. The van der Waals surface area contributed by atoms with Crippen LogP contribution in [-0.2, 0) is 0 Å². The van der Waals surface area contributed by atoms with E-state index >= 15 is 0 Å². The largest absolute Gasteiger partial charge is 0.489 e. The van der Waals surface area contributed by atoms with E-state index in [9.17, 15) is 4.79 Å². The van der Waals surface area contributed by atoms with Crippen LogP contribution in [0.1, 0.15) is 37.6 Å². The minimum absolute atomic E-state index is 0.0135. The molecular weight excluding hydrogens is 268 g/mol. The highest BCUT2D eigenvalue weighted by Gasteiger charge is 2.34. The fraction of sp³-hybridized carbons (Fsp3) is 0.462. The Bertz CT molecular complexity index is 432. The summed E-state index contributed by atoms with van der Waals surface area (Å²) in [6.07, 6.45) is 0.432. The van der Waals surface area contributed by atoms with Crippen LogP contribution in [0, 0.1) is 5.41 Å². The monoisotopic (exact) mass is 282 g/mol. The van der Waals surface area contributed by atoms with Crippen LogP contribution in [0.3, 0.4) is 0 Å². The molecule has 16 heavy (non-hydrogen) atoms. The number of hydrogen-bond acceptors (Lipinski definition) is 2. The number of halogens is 1. The van der Waals surface area contributed by atoms with Gasteiger partial charge in [0.2, 0.25) is 0 Å². The zero-order valence-corrected chi connectivity index (χ0v) is 11.3. The first-order valence-electron chi connectivity index (χ1n) is 5.37. The Kier molecular flexibility index (Phi) is 2.82. The molecule has 1 heterocycles. The van der Waals surface area contributed by atoms with Gasteiger partial charge in [-0.1, -0.05) is 36.7 Å². The van der Waals surface area contributed by atoms with Gasteiger partial charge in [-0.25, -0.2) is 0 Å². The van der Waals surface area contributed by atoms with E-state index in [1.807, 2.05) is 18.2 Å². The molecule has 0 N–H and O–H groups in total. The Labute approximate surface area is 104 Å². The van der Waals surface area contributed by atoms with Gasteiger partial charge in [0.25, 0.3) is 0 Å². The summed E-state index contributed by atoms with van der Waals surface area (Å²) in [4.78, 5) is 12.0. The number of carbonyl (C=O) groups excluding carboxylic acids is 1. The first-order chi connectivity index (χ1) is 7.38. The lowest BCUT2D eigenvalue weighted by Gasteiger charge is -2.34. The molecule has 1 atom stereocenters. The number of ketones is 1. The number of Topliss-reactive ketones (excluding diaryl/α,β-unsaturated/α-hetero) is 1. The number of rotatable bonds is 0. The molecule has 0 amide bonds. The maximum Gasteiger partial charge on any atom is 0.170 e. The first kappa shape index (κ1) is 11.6. The Morgan fingerprint density at radius 1 is 1.38 bits per heavy atom. The number of ether oxygens (including phenoxy) is 1. The average Bonchev–Trinajstić information content (AvgIpc) is 2.17. The van der Waals surface area contributed by atoms with Crippen molar-refractivity contribution in [3.63, 3.8) is 0 Å². The Morgan fingerprint density at radius 2 is 2.06 bits per heavy atom. The molecule has 0 saturated carbocycles. The Hall–Kier alpha value is -0.830. The number of hydrogen-bond donors (Lipinski definition) is 0. The van der Waals surface area contributed by atoms with E-state index in [0.717, 1.165) is 4.47 Å². The number of fused-ring (bicyclic) bond motifs is 1. The molecule has 0 aliphatic carbocycles. The summed E-state index contributed by atoms with van der Waals surface area (Å²) >= 11 is 3.36. The van der Waals surface area contributed by atoms with Gasteiger partial charge < -0.3 is 4.74 Å². The van der Waals surface area contributed by atoms with Crippen molar-refractivity contribution in [2.45, 2.75) is 33.3 Å². The molecule has 1 aromatic carbocycles. The van der Waals surface area contributed by atoms with Gasteiger partial charge in [-0.3, -0.25) is 4.79 Å². The molecule has 1 aliphatic rings. The van der Waals surface area contributed by atoms with E-state index in [1.54, 1.807) is 0 Å². The van der Waals surface area contributed by atoms with Crippen LogP contribution in [0.5, 0.6) is 5.75 Å². The summed E-state index contributed by atoms with van der Waals surface area (Å²) in [7, 11) is 0. The van der Waals surface area contributed by atoms with Crippen LogP contribution in [0.15, 0.2) is 22.7 Å². The molecule has 1 unspecified atom stereocenters. The molecule has 2 rings (SSSR count). The minimum Gasteiger partial charge on any atom is -0.489 e. The van der Waals surface area contributed by atoms with Gasteiger partial charge >= 0.3 is 0 Å². The van der Waals surface area contributed by atoms with E-state index in [2.05, 4.69) is 36.7 Å². The van der Waals surface area contributed by atoms with Gasteiger partial charge in [0.1, 0.15) is 11.9 Å². The molecular formula is C13H15BrO2. The summed E-state index contributed by atoms with van der Waals surface area (Å²) in [5.74, 6) is 0.877. The molecule has 2 nitrogen and oxygen atoms in total. The summed E-state index contributed by atoms with van der Waals surface area (Å²) in [5, 5.41) is 0. The molecule has 1 aromatic rings. The quantitative estimate of drug-likeness (QED) is 0.723. The predicted octanol–water partition coefficient (Wildman–Crippen LogP) is 3.83. The topological polar surface area (TPSA) is 26.3 Å². The van der Waals surface area contributed by atoms with Crippen LogP contribution in [-0.4, -0.2) is 11.9 Å². The second-order valence-electron chi connectivity index (χ2n) is 5.24. The maximum atomic E-state index is 12.0. The SMILES string of the molecule is CC(C)(C)C1CC(=O)c2cc(Br)ccc2O1. The summed E-state index contributed by atoms with van der Waals surface area (Å²) in [6.45, 7) is 6.28. The molecule has 0 bridgehead atoms. The van der Waals surface area contributed by atoms with Crippen LogP contribution in [0.25, 0.3) is 0 Å². The zero-order chi connectivity index (χ0) is 11.9. The van der Waals surface area contributed by atoms with E-state index < -0.39 is 0 Å². The van der Waals surface area contributed by atoms with Crippen molar-refractivity contribution in [3.05, 3.63) is 28.2 Å². The van der Waals surface area contributed by atoms with Gasteiger partial charge in [-0.15, -0.1) is 0 Å². The molecule has 0 fully saturated rings. The summed E-state index contributed by atoms with van der Waals surface area (Å²) in [5.41, 5.74) is 0.676. The van der Waals surface area contributed by atoms with Gasteiger partial charge in [0.15, 0.2) is 5.78 Å². The molecule has 1 aliphatic heterocycles. The normalized spacial score (nSPS) is 20.2. The highest BCUT2D eigenvalue weighted by molar-refractivity contribution is 9.10. The van der Waals surface area contributed by atoms with E-state index in [1.165, 1.54) is 0 Å². The number of benzene rings is 1.